The fourth-order valence-electron chi connectivity index (χ4n) is 2.72. The Kier molecular flexibility index (Phi) is 4.06. The summed E-state index contributed by atoms with van der Waals surface area (Å²) >= 11 is 0. The molecular formula is C15H23NO. The van der Waals surface area contributed by atoms with Crippen molar-refractivity contribution in [2.75, 3.05) is 5.32 Å². The van der Waals surface area contributed by atoms with Crippen LogP contribution in [0.2, 0.25) is 0 Å². The Labute approximate surface area is 104 Å². The molecule has 0 saturated heterocycles. The van der Waals surface area contributed by atoms with Gasteiger partial charge >= 0.3 is 0 Å². The van der Waals surface area contributed by atoms with Crippen molar-refractivity contribution in [1.82, 2.24) is 0 Å². The lowest BCUT2D eigenvalue weighted by atomic mass is 10.0. The highest BCUT2D eigenvalue weighted by Crippen LogP contribution is 2.28. The van der Waals surface area contributed by atoms with Gasteiger partial charge in [0.15, 0.2) is 0 Å². The standard InChI is InChI=1S/C15H23NO/c1-3-11-7-5-8-12(4-2)15(11)16-13-9-6-10-14(13)17/h5,7-8,13-14,16-17H,3-4,6,9-10H2,1-2H3. The summed E-state index contributed by atoms with van der Waals surface area (Å²) in [5.41, 5.74) is 4.00. The summed E-state index contributed by atoms with van der Waals surface area (Å²) in [6.45, 7) is 4.37. The highest BCUT2D eigenvalue weighted by atomic mass is 16.3. The fraction of sp³-hybridized carbons (Fsp3) is 0.600. The fourth-order valence-corrected chi connectivity index (χ4v) is 2.72. The summed E-state index contributed by atoms with van der Waals surface area (Å²) in [6, 6.07) is 6.74. The van der Waals surface area contributed by atoms with E-state index in [1.54, 1.807) is 0 Å². The van der Waals surface area contributed by atoms with Crippen LogP contribution < -0.4 is 5.32 Å². The van der Waals surface area contributed by atoms with Gasteiger partial charge < -0.3 is 10.4 Å². The second-order valence-corrected chi connectivity index (χ2v) is 4.91. The summed E-state index contributed by atoms with van der Waals surface area (Å²) < 4.78 is 0. The minimum atomic E-state index is -0.176. The zero-order valence-electron chi connectivity index (χ0n) is 10.9. The summed E-state index contributed by atoms with van der Waals surface area (Å²) in [6.07, 6.45) is 5.06. The first-order chi connectivity index (χ1) is 8.26. The van der Waals surface area contributed by atoms with E-state index in [0.29, 0.717) is 0 Å². The molecule has 0 spiro atoms. The Morgan fingerprint density at radius 3 is 2.29 bits per heavy atom. The van der Waals surface area contributed by atoms with Crippen molar-refractivity contribution in [3.05, 3.63) is 29.3 Å². The van der Waals surface area contributed by atoms with Gasteiger partial charge in [0.25, 0.3) is 0 Å². The molecule has 1 fully saturated rings. The number of aliphatic hydroxyl groups excluding tert-OH is 1. The molecule has 1 aliphatic rings. The van der Waals surface area contributed by atoms with E-state index in [9.17, 15) is 5.11 Å². The molecule has 0 heterocycles. The number of benzene rings is 1. The smallest absolute Gasteiger partial charge is 0.0741 e. The van der Waals surface area contributed by atoms with Gasteiger partial charge in [0.1, 0.15) is 0 Å². The van der Waals surface area contributed by atoms with E-state index in [4.69, 9.17) is 0 Å². The normalized spacial score (nSPS) is 23.9. The maximum absolute atomic E-state index is 9.91. The number of hydrogen-bond donors (Lipinski definition) is 2. The highest BCUT2D eigenvalue weighted by molar-refractivity contribution is 5.58. The molecule has 2 nitrogen and oxygen atoms in total. The van der Waals surface area contributed by atoms with Crippen molar-refractivity contribution in [1.29, 1.82) is 0 Å². The lowest BCUT2D eigenvalue weighted by Gasteiger charge is -2.22. The number of aliphatic hydroxyl groups is 1. The molecule has 1 aromatic carbocycles. The third-order valence-corrected chi connectivity index (χ3v) is 3.81. The van der Waals surface area contributed by atoms with Crippen LogP contribution in [0.1, 0.15) is 44.2 Å². The largest absolute Gasteiger partial charge is 0.391 e. The number of para-hydroxylation sites is 1. The van der Waals surface area contributed by atoms with E-state index in [2.05, 4.69) is 37.4 Å². The quantitative estimate of drug-likeness (QED) is 0.837. The van der Waals surface area contributed by atoms with E-state index in [0.717, 1.165) is 32.1 Å². The van der Waals surface area contributed by atoms with Gasteiger partial charge in [0.2, 0.25) is 0 Å². The van der Waals surface area contributed by atoms with Gasteiger partial charge in [-0.3, -0.25) is 0 Å². The summed E-state index contributed by atoms with van der Waals surface area (Å²) in [4.78, 5) is 0. The molecule has 2 unspecified atom stereocenters. The molecule has 2 rings (SSSR count). The first kappa shape index (κ1) is 12.4. The van der Waals surface area contributed by atoms with Gasteiger partial charge in [-0.1, -0.05) is 32.0 Å². The van der Waals surface area contributed by atoms with E-state index in [1.165, 1.54) is 16.8 Å². The Hall–Kier alpha value is -1.02. The van der Waals surface area contributed by atoms with Crippen molar-refractivity contribution in [3.63, 3.8) is 0 Å². The minimum Gasteiger partial charge on any atom is -0.391 e. The van der Waals surface area contributed by atoms with Gasteiger partial charge in [-0.25, -0.2) is 0 Å². The molecule has 0 bridgehead atoms. The predicted octanol–water partition coefficient (Wildman–Crippen LogP) is 3.14. The predicted molar refractivity (Wildman–Crippen MR) is 72.5 cm³/mol. The number of anilines is 1. The van der Waals surface area contributed by atoms with Crippen LogP contribution in [0.15, 0.2) is 18.2 Å². The van der Waals surface area contributed by atoms with Crippen LogP contribution in [0.5, 0.6) is 0 Å². The average molecular weight is 233 g/mol. The maximum atomic E-state index is 9.91. The lowest BCUT2D eigenvalue weighted by Crippen LogP contribution is -2.28. The van der Waals surface area contributed by atoms with Crippen LogP contribution >= 0.6 is 0 Å². The SMILES string of the molecule is CCc1cccc(CC)c1NC1CCCC1O. The first-order valence-electron chi connectivity index (χ1n) is 6.81. The molecule has 17 heavy (non-hydrogen) atoms. The average Bonchev–Trinajstić information content (AvgIpc) is 2.75. The van der Waals surface area contributed by atoms with Crippen molar-refractivity contribution >= 4 is 5.69 Å². The Morgan fingerprint density at radius 2 is 1.82 bits per heavy atom. The van der Waals surface area contributed by atoms with Gasteiger partial charge in [0, 0.05) is 5.69 Å². The first-order valence-corrected chi connectivity index (χ1v) is 6.81. The van der Waals surface area contributed by atoms with Crippen LogP contribution in [0, 0.1) is 0 Å². The number of rotatable bonds is 4. The van der Waals surface area contributed by atoms with Crippen LogP contribution in [0.3, 0.4) is 0 Å². The topological polar surface area (TPSA) is 32.3 Å². The van der Waals surface area contributed by atoms with Gasteiger partial charge in [-0.05, 0) is 43.2 Å². The molecule has 0 amide bonds. The number of nitrogens with one attached hydrogen (secondary N) is 1. The Bertz CT molecular complexity index is 353. The zero-order chi connectivity index (χ0) is 12.3. The molecule has 1 saturated carbocycles. The van der Waals surface area contributed by atoms with E-state index in [-0.39, 0.29) is 12.1 Å². The number of hydrogen-bond acceptors (Lipinski definition) is 2. The van der Waals surface area contributed by atoms with Crippen molar-refractivity contribution in [2.45, 2.75) is 58.1 Å². The summed E-state index contributed by atoms with van der Waals surface area (Å²) in [5, 5.41) is 13.5. The van der Waals surface area contributed by atoms with Crippen molar-refractivity contribution in [3.8, 4) is 0 Å². The van der Waals surface area contributed by atoms with Crippen molar-refractivity contribution < 1.29 is 5.11 Å². The van der Waals surface area contributed by atoms with Crippen LogP contribution in [-0.4, -0.2) is 17.3 Å². The number of aryl methyl sites for hydroxylation is 2. The molecule has 2 N–H and O–H groups in total. The molecular weight excluding hydrogens is 210 g/mol. The molecule has 94 valence electrons. The minimum absolute atomic E-state index is 0.176. The van der Waals surface area contributed by atoms with Crippen LogP contribution in [0.25, 0.3) is 0 Å². The monoisotopic (exact) mass is 233 g/mol. The van der Waals surface area contributed by atoms with Gasteiger partial charge in [0.05, 0.1) is 12.1 Å². The molecule has 0 aromatic heterocycles. The van der Waals surface area contributed by atoms with E-state index >= 15 is 0 Å². The summed E-state index contributed by atoms with van der Waals surface area (Å²) in [7, 11) is 0. The van der Waals surface area contributed by atoms with Crippen LogP contribution in [0.4, 0.5) is 5.69 Å². The third kappa shape index (κ3) is 2.63. The summed E-state index contributed by atoms with van der Waals surface area (Å²) in [5.74, 6) is 0. The second kappa shape index (κ2) is 5.54. The molecule has 0 aliphatic heterocycles. The highest BCUT2D eigenvalue weighted by Gasteiger charge is 2.25. The maximum Gasteiger partial charge on any atom is 0.0741 e. The van der Waals surface area contributed by atoms with E-state index in [1.807, 2.05) is 0 Å². The Balaban J connectivity index is 2.23. The molecule has 1 aliphatic carbocycles. The van der Waals surface area contributed by atoms with Gasteiger partial charge in [-0.2, -0.15) is 0 Å². The lowest BCUT2D eigenvalue weighted by molar-refractivity contribution is 0.172. The Morgan fingerprint density at radius 1 is 1.18 bits per heavy atom. The molecule has 1 aromatic rings. The van der Waals surface area contributed by atoms with Crippen molar-refractivity contribution in [2.24, 2.45) is 0 Å². The molecule has 0 radical (unpaired) electrons. The van der Waals surface area contributed by atoms with E-state index < -0.39 is 0 Å². The second-order valence-electron chi connectivity index (χ2n) is 4.91. The molecule has 2 atom stereocenters. The zero-order valence-corrected chi connectivity index (χ0v) is 10.9. The van der Waals surface area contributed by atoms with Gasteiger partial charge in [-0.15, -0.1) is 0 Å². The molecule has 2 heteroatoms. The van der Waals surface area contributed by atoms with Crippen LogP contribution in [-0.2, 0) is 12.8 Å². The third-order valence-electron chi connectivity index (χ3n) is 3.81.